The number of esters is 1. The van der Waals surface area contributed by atoms with Crippen molar-refractivity contribution < 1.29 is 13.9 Å². The van der Waals surface area contributed by atoms with Crippen molar-refractivity contribution >= 4 is 5.97 Å². The van der Waals surface area contributed by atoms with Gasteiger partial charge in [0.1, 0.15) is 11.9 Å². The fourth-order valence-electron chi connectivity index (χ4n) is 3.04. The third-order valence-corrected chi connectivity index (χ3v) is 4.30. The lowest BCUT2D eigenvalue weighted by Gasteiger charge is -2.36. The van der Waals surface area contributed by atoms with Crippen molar-refractivity contribution in [2.75, 3.05) is 0 Å². The molecule has 20 heavy (non-hydrogen) atoms. The number of hydrogen-bond donors (Lipinski definition) is 0. The first-order valence-electron chi connectivity index (χ1n) is 7.44. The van der Waals surface area contributed by atoms with Crippen LogP contribution in [0.5, 0.6) is 0 Å². The zero-order valence-corrected chi connectivity index (χ0v) is 12.4. The molecule has 0 bridgehead atoms. The van der Waals surface area contributed by atoms with E-state index in [0.717, 1.165) is 12.8 Å². The molecule has 1 fully saturated rings. The highest BCUT2D eigenvalue weighted by Gasteiger charge is 2.33. The highest BCUT2D eigenvalue weighted by Crippen LogP contribution is 2.35. The Balaban J connectivity index is 2.05. The summed E-state index contributed by atoms with van der Waals surface area (Å²) in [6, 6.07) is 5.54. The van der Waals surface area contributed by atoms with Crippen LogP contribution in [0, 0.1) is 23.6 Å². The van der Waals surface area contributed by atoms with Crippen molar-refractivity contribution in [3.63, 3.8) is 0 Å². The third-order valence-electron chi connectivity index (χ3n) is 4.30. The minimum Gasteiger partial charge on any atom is -0.458 e. The standard InChI is InChI=1S/C17H23FO2/c1-11(2)15-9-4-12(3)10-16(15)20-17(19)13-5-7-14(18)8-6-13/h5-8,11-12,15-16H,4,9-10H2,1-3H3. The maximum atomic E-state index is 12.9. The van der Waals surface area contributed by atoms with Crippen LogP contribution in [0.15, 0.2) is 24.3 Å². The van der Waals surface area contributed by atoms with Crippen LogP contribution in [0.1, 0.15) is 50.4 Å². The van der Waals surface area contributed by atoms with Crippen molar-refractivity contribution in [3.05, 3.63) is 35.6 Å². The number of halogens is 1. The Bertz CT molecular complexity index is 453. The van der Waals surface area contributed by atoms with Crippen LogP contribution in [0.25, 0.3) is 0 Å². The summed E-state index contributed by atoms with van der Waals surface area (Å²) in [5.41, 5.74) is 0.423. The molecule has 0 spiro atoms. The van der Waals surface area contributed by atoms with E-state index in [1.807, 2.05) is 0 Å². The van der Waals surface area contributed by atoms with Crippen LogP contribution >= 0.6 is 0 Å². The van der Waals surface area contributed by atoms with Gasteiger partial charge >= 0.3 is 5.97 Å². The lowest BCUT2D eigenvalue weighted by atomic mass is 9.75. The SMILES string of the molecule is CC1CCC(C(C)C)C(OC(=O)c2ccc(F)cc2)C1. The fraction of sp³-hybridized carbons (Fsp3) is 0.588. The fourth-order valence-corrected chi connectivity index (χ4v) is 3.04. The van der Waals surface area contributed by atoms with Crippen molar-refractivity contribution in [2.45, 2.75) is 46.1 Å². The van der Waals surface area contributed by atoms with Gasteiger partial charge in [-0.2, -0.15) is 0 Å². The summed E-state index contributed by atoms with van der Waals surface area (Å²) in [5.74, 6) is 0.850. The van der Waals surface area contributed by atoms with Gasteiger partial charge in [-0.25, -0.2) is 9.18 Å². The summed E-state index contributed by atoms with van der Waals surface area (Å²) in [6.07, 6.45) is 3.22. The first-order valence-corrected chi connectivity index (χ1v) is 7.44. The van der Waals surface area contributed by atoms with Crippen LogP contribution in [-0.2, 0) is 4.74 Å². The van der Waals surface area contributed by atoms with Gasteiger partial charge in [-0.1, -0.05) is 27.2 Å². The molecule has 1 aliphatic rings. The number of ether oxygens (including phenoxy) is 1. The zero-order chi connectivity index (χ0) is 14.7. The monoisotopic (exact) mass is 278 g/mol. The molecule has 2 rings (SSSR count). The van der Waals surface area contributed by atoms with Gasteiger partial charge in [0.2, 0.25) is 0 Å². The maximum absolute atomic E-state index is 12.9. The quantitative estimate of drug-likeness (QED) is 0.764. The second-order valence-electron chi connectivity index (χ2n) is 6.28. The van der Waals surface area contributed by atoms with Crippen LogP contribution in [0.2, 0.25) is 0 Å². The summed E-state index contributed by atoms with van der Waals surface area (Å²) >= 11 is 0. The summed E-state index contributed by atoms with van der Waals surface area (Å²) in [5, 5.41) is 0. The van der Waals surface area contributed by atoms with Crippen molar-refractivity contribution in [3.8, 4) is 0 Å². The predicted molar refractivity (Wildman–Crippen MR) is 76.9 cm³/mol. The summed E-state index contributed by atoms with van der Waals surface area (Å²) in [6.45, 7) is 6.56. The molecule has 110 valence electrons. The van der Waals surface area contributed by atoms with Crippen molar-refractivity contribution in [1.82, 2.24) is 0 Å². The first kappa shape index (κ1) is 15.0. The van der Waals surface area contributed by atoms with Crippen LogP contribution in [0.4, 0.5) is 4.39 Å². The molecule has 0 radical (unpaired) electrons. The summed E-state index contributed by atoms with van der Waals surface area (Å²) < 4.78 is 18.6. The lowest BCUT2D eigenvalue weighted by Crippen LogP contribution is -2.35. The first-order chi connectivity index (χ1) is 9.47. The van der Waals surface area contributed by atoms with Gasteiger partial charge in [-0.15, -0.1) is 0 Å². The Hall–Kier alpha value is -1.38. The molecule has 0 N–H and O–H groups in total. The van der Waals surface area contributed by atoms with Gasteiger partial charge in [0.15, 0.2) is 0 Å². The lowest BCUT2D eigenvalue weighted by molar-refractivity contribution is -0.0174. The molecule has 2 nitrogen and oxygen atoms in total. The number of carbonyl (C=O) groups excluding carboxylic acids is 1. The highest BCUT2D eigenvalue weighted by molar-refractivity contribution is 5.89. The number of benzene rings is 1. The minimum atomic E-state index is -0.340. The molecule has 1 aliphatic carbocycles. The van der Waals surface area contributed by atoms with E-state index in [1.165, 1.54) is 30.7 Å². The molecule has 0 aliphatic heterocycles. The molecule has 0 saturated heterocycles. The molecule has 0 aromatic heterocycles. The van der Waals surface area contributed by atoms with Crippen LogP contribution in [0.3, 0.4) is 0 Å². The van der Waals surface area contributed by atoms with Gasteiger partial charge in [0, 0.05) is 0 Å². The molecular weight excluding hydrogens is 255 g/mol. The van der Waals surface area contributed by atoms with Crippen LogP contribution in [-0.4, -0.2) is 12.1 Å². The Morgan fingerprint density at radius 2 is 1.90 bits per heavy atom. The second-order valence-corrected chi connectivity index (χ2v) is 6.28. The minimum absolute atomic E-state index is 0.0173. The normalized spacial score (nSPS) is 26.6. The van der Waals surface area contributed by atoms with Gasteiger partial charge in [0.25, 0.3) is 0 Å². The van der Waals surface area contributed by atoms with E-state index >= 15 is 0 Å². The van der Waals surface area contributed by atoms with E-state index in [-0.39, 0.29) is 17.9 Å². The topological polar surface area (TPSA) is 26.3 Å². The van der Waals surface area contributed by atoms with E-state index in [9.17, 15) is 9.18 Å². The highest BCUT2D eigenvalue weighted by atomic mass is 19.1. The largest absolute Gasteiger partial charge is 0.458 e. The van der Waals surface area contributed by atoms with Crippen molar-refractivity contribution in [1.29, 1.82) is 0 Å². The Labute approximate surface area is 120 Å². The maximum Gasteiger partial charge on any atom is 0.338 e. The Morgan fingerprint density at radius 3 is 2.50 bits per heavy atom. The molecule has 3 atom stereocenters. The number of rotatable bonds is 3. The molecule has 1 aromatic carbocycles. The van der Waals surface area contributed by atoms with E-state index in [0.29, 0.717) is 23.3 Å². The summed E-state index contributed by atoms with van der Waals surface area (Å²) in [7, 11) is 0. The second kappa shape index (κ2) is 6.38. The molecule has 3 heteroatoms. The van der Waals surface area contributed by atoms with Crippen molar-refractivity contribution in [2.24, 2.45) is 17.8 Å². The van der Waals surface area contributed by atoms with Gasteiger partial charge in [-0.3, -0.25) is 0 Å². The third kappa shape index (κ3) is 3.59. The molecule has 0 heterocycles. The number of hydrogen-bond acceptors (Lipinski definition) is 2. The van der Waals surface area contributed by atoms with E-state index in [2.05, 4.69) is 20.8 Å². The molecule has 1 aromatic rings. The van der Waals surface area contributed by atoms with E-state index in [4.69, 9.17) is 4.74 Å². The van der Waals surface area contributed by atoms with Crippen LogP contribution < -0.4 is 0 Å². The van der Waals surface area contributed by atoms with E-state index < -0.39 is 0 Å². The Morgan fingerprint density at radius 1 is 1.25 bits per heavy atom. The average Bonchev–Trinajstić information content (AvgIpc) is 2.39. The predicted octanol–water partition coefficient (Wildman–Crippen LogP) is 4.44. The summed E-state index contributed by atoms with van der Waals surface area (Å²) in [4.78, 5) is 12.2. The van der Waals surface area contributed by atoms with E-state index in [1.54, 1.807) is 0 Å². The zero-order valence-electron chi connectivity index (χ0n) is 12.4. The van der Waals surface area contributed by atoms with Gasteiger partial charge in [0.05, 0.1) is 5.56 Å². The Kier molecular flexibility index (Phi) is 4.79. The van der Waals surface area contributed by atoms with Gasteiger partial charge < -0.3 is 4.74 Å². The average molecular weight is 278 g/mol. The van der Waals surface area contributed by atoms with Gasteiger partial charge in [-0.05, 0) is 54.9 Å². The smallest absolute Gasteiger partial charge is 0.338 e. The molecule has 0 amide bonds. The number of carbonyl (C=O) groups is 1. The molecule has 3 unspecified atom stereocenters. The molecule has 1 saturated carbocycles. The molecular formula is C17H23FO2.